The molecular formula is C25H26ClN3O6S2. The monoisotopic (exact) mass is 563 g/mol. The van der Waals surface area contributed by atoms with Gasteiger partial charge in [-0.1, -0.05) is 35.9 Å². The second-order valence-electron chi connectivity index (χ2n) is 7.90. The van der Waals surface area contributed by atoms with E-state index in [9.17, 15) is 23.3 Å². The summed E-state index contributed by atoms with van der Waals surface area (Å²) in [5, 5.41) is 14.4. The van der Waals surface area contributed by atoms with Crippen LogP contribution in [0.2, 0.25) is 5.02 Å². The second kappa shape index (κ2) is 12.8. The Morgan fingerprint density at radius 1 is 1.14 bits per heavy atom. The molecule has 9 nitrogen and oxygen atoms in total. The van der Waals surface area contributed by atoms with Gasteiger partial charge in [0.05, 0.1) is 22.6 Å². The molecule has 0 aromatic heterocycles. The Kier molecular flexibility index (Phi) is 9.79. The van der Waals surface area contributed by atoms with Gasteiger partial charge in [0.2, 0.25) is 5.91 Å². The van der Waals surface area contributed by atoms with E-state index in [-0.39, 0.29) is 27.0 Å². The molecule has 196 valence electrons. The molecule has 0 saturated carbocycles. The number of hydrogen-bond acceptors (Lipinski definition) is 7. The van der Waals surface area contributed by atoms with E-state index in [4.69, 9.17) is 16.3 Å². The molecule has 3 aromatic rings. The minimum atomic E-state index is -4.42. The molecule has 0 saturated heterocycles. The maximum atomic E-state index is 13.7. The van der Waals surface area contributed by atoms with E-state index in [2.05, 4.69) is 5.32 Å². The summed E-state index contributed by atoms with van der Waals surface area (Å²) in [7, 11) is -3.06. The summed E-state index contributed by atoms with van der Waals surface area (Å²) in [5.41, 5.74) is -0.00517. The summed E-state index contributed by atoms with van der Waals surface area (Å²) < 4.78 is 33.5. The number of carbonyl (C=O) groups is 1. The Balaban J connectivity index is 1.83. The topological polar surface area (TPSA) is 119 Å². The first kappa shape index (κ1) is 28.3. The zero-order valence-corrected chi connectivity index (χ0v) is 22.6. The largest absolute Gasteiger partial charge is 0.495 e. The highest BCUT2D eigenvalue weighted by Gasteiger charge is 2.31. The van der Waals surface area contributed by atoms with E-state index in [1.54, 1.807) is 11.8 Å². The van der Waals surface area contributed by atoms with Crippen LogP contribution in [0.5, 0.6) is 5.75 Å². The number of methoxy groups -OCH3 is 1. The van der Waals surface area contributed by atoms with Gasteiger partial charge in [-0.05, 0) is 55.5 Å². The number of nitrogens with one attached hydrogen (secondary N) is 1. The first-order chi connectivity index (χ1) is 17.6. The Hall–Kier alpha value is -3.28. The number of halogens is 1. The summed E-state index contributed by atoms with van der Waals surface area (Å²) in [4.78, 5) is 24.4. The molecule has 0 heterocycles. The van der Waals surface area contributed by atoms with Crippen molar-refractivity contribution in [1.82, 2.24) is 5.32 Å². The fourth-order valence-corrected chi connectivity index (χ4v) is 5.91. The van der Waals surface area contributed by atoms with E-state index in [0.29, 0.717) is 18.5 Å². The van der Waals surface area contributed by atoms with E-state index < -0.39 is 27.4 Å². The highest BCUT2D eigenvalue weighted by molar-refractivity contribution is 7.99. The molecular weight excluding hydrogens is 538 g/mol. The maximum Gasteiger partial charge on any atom is 0.273 e. The van der Waals surface area contributed by atoms with Gasteiger partial charge in [-0.25, -0.2) is 8.42 Å². The average molecular weight is 564 g/mol. The number of nitro benzene ring substituents is 1. The molecule has 0 atom stereocenters. The molecule has 1 amide bonds. The number of sulfonamides is 1. The Labute approximate surface area is 225 Å². The maximum absolute atomic E-state index is 13.7. The van der Waals surface area contributed by atoms with Crippen molar-refractivity contribution in [3.63, 3.8) is 0 Å². The van der Waals surface area contributed by atoms with Crippen molar-refractivity contribution in [2.24, 2.45) is 0 Å². The van der Waals surface area contributed by atoms with Gasteiger partial charge in [-0.2, -0.15) is 0 Å². The molecule has 0 aliphatic rings. The minimum Gasteiger partial charge on any atom is -0.495 e. The second-order valence-corrected chi connectivity index (χ2v) is 11.4. The third-order valence-electron chi connectivity index (χ3n) is 5.32. The predicted molar refractivity (Wildman–Crippen MR) is 145 cm³/mol. The molecule has 0 aliphatic carbocycles. The number of benzene rings is 3. The van der Waals surface area contributed by atoms with Gasteiger partial charge in [-0.3, -0.25) is 19.2 Å². The molecule has 37 heavy (non-hydrogen) atoms. The Bertz CT molecular complexity index is 1370. The van der Waals surface area contributed by atoms with E-state index in [1.807, 2.05) is 30.3 Å². The molecule has 12 heteroatoms. The molecule has 0 unspecified atom stereocenters. The first-order valence-electron chi connectivity index (χ1n) is 11.2. The van der Waals surface area contributed by atoms with Gasteiger partial charge in [0, 0.05) is 28.1 Å². The van der Waals surface area contributed by atoms with Crippen LogP contribution < -0.4 is 14.4 Å². The average Bonchev–Trinajstić information content (AvgIpc) is 2.87. The van der Waals surface area contributed by atoms with Gasteiger partial charge in [-0.15, -0.1) is 11.8 Å². The van der Waals surface area contributed by atoms with Crippen molar-refractivity contribution in [3.05, 3.63) is 87.4 Å². The third-order valence-corrected chi connectivity index (χ3v) is 8.41. The number of aryl methyl sites for hydroxylation is 1. The Morgan fingerprint density at radius 2 is 1.86 bits per heavy atom. The van der Waals surface area contributed by atoms with Gasteiger partial charge in [0.15, 0.2) is 0 Å². The summed E-state index contributed by atoms with van der Waals surface area (Å²) in [6.07, 6.45) is 0.669. The molecule has 0 aliphatic heterocycles. The third kappa shape index (κ3) is 7.37. The fraction of sp³-hybridized carbons (Fsp3) is 0.240. The molecule has 3 rings (SSSR count). The van der Waals surface area contributed by atoms with Crippen LogP contribution in [0.4, 0.5) is 11.4 Å². The molecule has 0 bridgehead atoms. The van der Waals surface area contributed by atoms with Gasteiger partial charge < -0.3 is 10.1 Å². The number of thioether (sulfide) groups is 1. The molecule has 0 fully saturated rings. The van der Waals surface area contributed by atoms with Crippen molar-refractivity contribution in [3.8, 4) is 5.75 Å². The van der Waals surface area contributed by atoms with Crippen molar-refractivity contribution < 1.29 is 22.9 Å². The minimum absolute atomic E-state index is 0.0352. The number of rotatable bonds is 12. The summed E-state index contributed by atoms with van der Waals surface area (Å²) in [6, 6.07) is 17.8. The molecule has 0 radical (unpaired) electrons. The van der Waals surface area contributed by atoms with Crippen molar-refractivity contribution in [2.75, 3.05) is 30.3 Å². The summed E-state index contributed by atoms with van der Waals surface area (Å²) in [6.45, 7) is 1.28. The van der Waals surface area contributed by atoms with Crippen LogP contribution >= 0.6 is 23.4 Å². The molecule has 1 N–H and O–H groups in total. The number of hydrogen-bond donors (Lipinski definition) is 1. The number of nitro groups is 1. The lowest BCUT2D eigenvalue weighted by molar-refractivity contribution is -0.385. The number of carbonyl (C=O) groups excluding carboxylic acids is 1. The van der Waals surface area contributed by atoms with Crippen LogP contribution in [-0.4, -0.2) is 45.2 Å². The lowest BCUT2D eigenvalue weighted by atomic mass is 10.2. The van der Waals surface area contributed by atoms with E-state index >= 15 is 0 Å². The fourth-order valence-electron chi connectivity index (χ4n) is 3.42. The highest BCUT2D eigenvalue weighted by atomic mass is 35.5. The molecule has 3 aromatic carbocycles. The van der Waals surface area contributed by atoms with Gasteiger partial charge in [0.1, 0.15) is 12.3 Å². The quantitative estimate of drug-likeness (QED) is 0.142. The number of amides is 1. The smallest absolute Gasteiger partial charge is 0.273 e. The lowest BCUT2D eigenvalue weighted by Gasteiger charge is -2.26. The van der Waals surface area contributed by atoms with E-state index in [0.717, 1.165) is 21.0 Å². The van der Waals surface area contributed by atoms with Gasteiger partial charge in [0.25, 0.3) is 15.7 Å². The highest BCUT2D eigenvalue weighted by Crippen LogP contribution is 2.35. The number of anilines is 1. The standard InChI is InChI=1S/C25H26ClN3O6S2/c1-18-9-11-21(16-22(18)29(31)32)37(33,34)28(23-15-19(26)10-12-24(23)35-2)17-25(30)27-13-6-14-36-20-7-4-3-5-8-20/h3-5,7-12,15-16H,6,13-14,17H2,1-2H3,(H,27,30). The summed E-state index contributed by atoms with van der Waals surface area (Å²) >= 11 is 7.79. The van der Waals surface area contributed by atoms with Crippen LogP contribution in [0.25, 0.3) is 0 Å². The van der Waals surface area contributed by atoms with Crippen LogP contribution in [0, 0.1) is 17.0 Å². The number of nitrogens with zero attached hydrogens (tertiary/aromatic N) is 2. The van der Waals surface area contributed by atoms with E-state index in [1.165, 1.54) is 44.4 Å². The van der Waals surface area contributed by atoms with Crippen molar-refractivity contribution >= 4 is 50.7 Å². The van der Waals surface area contributed by atoms with Crippen LogP contribution in [0.15, 0.2) is 76.5 Å². The van der Waals surface area contributed by atoms with Crippen molar-refractivity contribution in [2.45, 2.75) is 23.1 Å². The lowest BCUT2D eigenvalue weighted by Crippen LogP contribution is -2.41. The van der Waals surface area contributed by atoms with Gasteiger partial charge >= 0.3 is 0 Å². The normalized spacial score (nSPS) is 11.1. The van der Waals surface area contributed by atoms with Crippen LogP contribution in [0.3, 0.4) is 0 Å². The SMILES string of the molecule is COc1ccc(Cl)cc1N(CC(=O)NCCCSc1ccccc1)S(=O)(=O)c1ccc(C)c([N+](=O)[O-])c1. The number of ether oxygens (including phenoxy) is 1. The Morgan fingerprint density at radius 3 is 2.54 bits per heavy atom. The van der Waals surface area contributed by atoms with Crippen LogP contribution in [0.1, 0.15) is 12.0 Å². The predicted octanol–water partition coefficient (Wildman–Crippen LogP) is 5.06. The summed E-state index contributed by atoms with van der Waals surface area (Å²) in [5.74, 6) is 0.389. The van der Waals surface area contributed by atoms with Crippen molar-refractivity contribution in [1.29, 1.82) is 0 Å². The zero-order valence-electron chi connectivity index (χ0n) is 20.2. The van der Waals surface area contributed by atoms with Crippen LogP contribution in [-0.2, 0) is 14.8 Å². The zero-order chi connectivity index (χ0) is 27.0. The first-order valence-corrected chi connectivity index (χ1v) is 14.0. The molecule has 0 spiro atoms.